The molecule has 1 aromatic heterocycles. The SMILES string of the molecule is C=CC(=O)N[C@H](C(=O)N1C[C@H](Oc2cc(-c3ccccc3)nc3cc(OC)ccc23)C[C@H]1C(=O)N[C@]1(C(=O)NS(=O)(=O)C2CC2)C[C@H]1C=C)c1ccccc1. The van der Waals surface area contributed by atoms with E-state index in [1.807, 2.05) is 36.4 Å². The van der Waals surface area contributed by atoms with E-state index in [0.29, 0.717) is 46.5 Å². The zero-order valence-electron chi connectivity index (χ0n) is 30.1. The van der Waals surface area contributed by atoms with Crippen LogP contribution in [0.4, 0.5) is 0 Å². The summed E-state index contributed by atoms with van der Waals surface area (Å²) in [5.41, 5.74) is 0.976. The molecular formula is C41H41N5O8S. The van der Waals surface area contributed by atoms with Crippen LogP contribution in [0.2, 0.25) is 0 Å². The highest BCUT2D eigenvalue weighted by atomic mass is 32.2. The average Bonchev–Trinajstić information content (AvgIpc) is 4.13. The summed E-state index contributed by atoms with van der Waals surface area (Å²) in [6.45, 7) is 7.24. The first kappa shape index (κ1) is 37.3. The number of likely N-dealkylation sites (tertiary alicyclic amines) is 1. The minimum absolute atomic E-state index is 0.00591. The van der Waals surface area contributed by atoms with Crippen LogP contribution in [0.15, 0.2) is 110 Å². The molecule has 4 amide bonds. The number of sulfonamides is 1. The van der Waals surface area contributed by atoms with Gasteiger partial charge in [0.05, 0.1) is 30.1 Å². The van der Waals surface area contributed by atoms with Crippen molar-refractivity contribution in [2.24, 2.45) is 5.92 Å². The van der Waals surface area contributed by atoms with Gasteiger partial charge in [-0.1, -0.05) is 73.3 Å². The summed E-state index contributed by atoms with van der Waals surface area (Å²) in [5.74, 6) is -2.20. The second-order valence-corrected chi connectivity index (χ2v) is 15.9. The van der Waals surface area contributed by atoms with Crippen molar-refractivity contribution in [3.63, 3.8) is 0 Å². The minimum atomic E-state index is -3.92. The molecule has 4 aromatic rings. The molecule has 0 spiro atoms. The third-order valence-electron chi connectivity index (χ3n) is 10.3. The zero-order chi connectivity index (χ0) is 38.9. The highest BCUT2D eigenvalue weighted by Gasteiger charge is 2.62. The Kier molecular flexibility index (Phi) is 10.2. The molecule has 1 aliphatic heterocycles. The van der Waals surface area contributed by atoms with Crippen LogP contribution in [-0.4, -0.2) is 78.5 Å². The van der Waals surface area contributed by atoms with E-state index in [2.05, 4.69) is 28.5 Å². The van der Waals surface area contributed by atoms with Crippen molar-refractivity contribution < 1.29 is 37.1 Å². The number of nitrogens with zero attached hydrogens (tertiary/aromatic N) is 2. The van der Waals surface area contributed by atoms with Gasteiger partial charge in [-0.05, 0) is 43.0 Å². The summed E-state index contributed by atoms with van der Waals surface area (Å²) in [6, 6.07) is 23.0. The van der Waals surface area contributed by atoms with E-state index < -0.39 is 68.5 Å². The second-order valence-electron chi connectivity index (χ2n) is 14.0. The Morgan fingerprint density at radius 2 is 1.69 bits per heavy atom. The fourth-order valence-electron chi connectivity index (χ4n) is 7.03. The number of fused-ring (bicyclic) bond motifs is 1. The lowest BCUT2D eigenvalue weighted by atomic mass is 10.0. The number of hydrogen-bond donors (Lipinski definition) is 3. The van der Waals surface area contributed by atoms with Gasteiger partial charge in [0, 0.05) is 35.4 Å². The molecule has 1 saturated heterocycles. The minimum Gasteiger partial charge on any atom is -0.497 e. The number of pyridine rings is 1. The molecule has 3 N–H and O–H groups in total. The molecule has 3 aliphatic rings. The fraction of sp³-hybridized carbons (Fsp3) is 0.293. The first-order chi connectivity index (χ1) is 26.5. The normalized spacial score (nSPS) is 22.2. The Morgan fingerprint density at radius 3 is 2.33 bits per heavy atom. The van der Waals surface area contributed by atoms with Crippen molar-refractivity contribution in [2.45, 2.75) is 54.7 Å². The zero-order valence-corrected chi connectivity index (χ0v) is 31.0. The Bertz CT molecular complexity index is 2280. The molecule has 284 valence electrons. The lowest BCUT2D eigenvalue weighted by Crippen LogP contribution is -2.57. The van der Waals surface area contributed by atoms with Crippen LogP contribution in [0.1, 0.15) is 37.3 Å². The van der Waals surface area contributed by atoms with Crippen LogP contribution in [0.5, 0.6) is 11.5 Å². The molecule has 5 atom stereocenters. The Balaban J connectivity index is 1.23. The van der Waals surface area contributed by atoms with E-state index in [9.17, 15) is 27.6 Å². The van der Waals surface area contributed by atoms with E-state index in [-0.39, 0.29) is 19.4 Å². The molecule has 7 rings (SSSR count). The molecule has 0 bridgehead atoms. The maximum Gasteiger partial charge on any atom is 0.259 e. The van der Waals surface area contributed by atoms with Crippen LogP contribution >= 0.6 is 0 Å². The molecule has 0 unspecified atom stereocenters. The first-order valence-electron chi connectivity index (χ1n) is 18.0. The molecule has 3 aromatic carbocycles. The Hall–Kier alpha value is -6.02. The summed E-state index contributed by atoms with van der Waals surface area (Å²) >= 11 is 0. The van der Waals surface area contributed by atoms with Crippen molar-refractivity contribution >= 4 is 44.6 Å². The standard InChI is InChI=1S/C41H41N5O8S/c1-4-27-23-41(27,40(50)45-55(51,52)30-17-18-30)44-38(48)34-21-29(24-46(34)39(49)37(43-36(47)5-2)26-14-10-7-11-15-26)54-35-22-32(25-12-8-6-9-13-25)42-33-20-28(53-3)16-19-31(33)35/h4-16,19-20,22,27,29-30,34,37H,1-2,17-18,21,23-24H2,3H3,(H,43,47)(H,44,48)(H,45,50)/t27-,29-,34+,37+,41-/m1/s1. The number of benzene rings is 3. The van der Waals surface area contributed by atoms with Gasteiger partial charge in [0.1, 0.15) is 35.2 Å². The number of carbonyl (C=O) groups is 4. The quantitative estimate of drug-likeness (QED) is 0.127. The van der Waals surface area contributed by atoms with Crippen LogP contribution in [-0.2, 0) is 29.2 Å². The molecule has 2 saturated carbocycles. The third kappa shape index (κ3) is 7.67. The van der Waals surface area contributed by atoms with Crippen molar-refractivity contribution in [1.29, 1.82) is 0 Å². The van der Waals surface area contributed by atoms with Gasteiger partial charge in [0.2, 0.25) is 21.8 Å². The molecule has 0 radical (unpaired) electrons. The van der Waals surface area contributed by atoms with Gasteiger partial charge in [-0.2, -0.15) is 0 Å². The van der Waals surface area contributed by atoms with E-state index in [4.69, 9.17) is 14.5 Å². The number of nitrogens with one attached hydrogen (secondary N) is 3. The highest BCUT2D eigenvalue weighted by molar-refractivity contribution is 7.91. The summed E-state index contributed by atoms with van der Waals surface area (Å²) < 4.78 is 39.8. The number of ether oxygens (including phenoxy) is 2. The topological polar surface area (TPSA) is 173 Å². The largest absolute Gasteiger partial charge is 0.497 e. The summed E-state index contributed by atoms with van der Waals surface area (Å²) in [6.07, 6.45) is 2.85. The Morgan fingerprint density at radius 1 is 0.982 bits per heavy atom. The summed E-state index contributed by atoms with van der Waals surface area (Å²) in [7, 11) is -2.35. The smallest absolute Gasteiger partial charge is 0.259 e. The first-order valence-corrected chi connectivity index (χ1v) is 19.5. The van der Waals surface area contributed by atoms with Crippen LogP contribution in [0, 0.1) is 5.92 Å². The summed E-state index contributed by atoms with van der Waals surface area (Å²) in [4.78, 5) is 61.4. The van der Waals surface area contributed by atoms with Crippen molar-refractivity contribution in [1.82, 2.24) is 25.2 Å². The van der Waals surface area contributed by atoms with E-state index >= 15 is 0 Å². The maximum atomic E-state index is 14.6. The van der Waals surface area contributed by atoms with Gasteiger partial charge in [-0.3, -0.25) is 23.9 Å². The van der Waals surface area contributed by atoms with Gasteiger partial charge in [-0.25, -0.2) is 13.4 Å². The molecule has 55 heavy (non-hydrogen) atoms. The molecular weight excluding hydrogens is 723 g/mol. The average molecular weight is 764 g/mol. The van der Waals surface area contributed by atoms with Gasteiger partial charge in [0.15, 0.2) is 0 Å². The number of amides is 4. The molecule has 13 nitrogen and oxygen atoms in total. The van der Waals surface area contributed by atoms with E-state index in [1.54, 1.807) is 55.6 Å². The second kappa shape index (κ2) is 15.0. The van der Waals surface area contributed by atoms with Gasteiger partial charge in [-0.15, -0.1) is 6.58 Å². The number of carbonyl (C=O) groups excluding carboxylic acids is 4. The molecule has 2 heterocycles. The van der Waals surface area contributed by atoms with Gasteiger partial charge < -0.3 is 25.0 Å². The predicted octanol–water partition coefficient (Wildman–Crippen LogP) is 3.97. The highest BCUT2D eigenvalue weighted by Crippen LogP contribution is 2.46. The van der Waals surface area contributed by atoms with Gasteiger partial charge >= 0.3 is 0 Å². The fourth-order valence-corrected chi connectivity index (χ4v) is 8.40. The summed E-state index contributed by atoms with van der Waals surface area (Å²) in [5, 5.41) is 5.52. The lowest BCUT2D eigenvalue weighted by molar-refractivity contribution is -0.142. The van der Waals surface area contributed by atoms with Crippen LogP contribution in [0.25, 0.3) is 22.2 Å². The number of hydrogen-bond acceptors (Lipinski definition) is 9. The Labute approximate surface area is 318 Å². The van der Waals surface area contributed by atoms with Crippen molar-refractivity contribution in [3.8, 4) is 22.8 Å². The molecule has 3 fully saturated rings. The number of methoxy groups -OCH3 is 1. The lowest BCUT2D eigenvalue weighted by Gasteiger charge is -2.30. The number of rotatable bonds is 14. The van der Waals surface area contributed by atoms with E-state index in [0.717, 1.165) is 11.6 Å². The van der Waals surface area contributed by atoms with E-state index in [1.165, 1.54) is 11.0 Å². The molecule has 14 heteroatoms. The third-order valence-corrected chi connectivity index (χ3v) is 12.1. The van der Waals surface area contributed by atoms with Crippen molar-refractivity contribution in [2.75, 3.05) is 13.7 Å². The number of aromatic nitrogens is 1. The van der Waals surface area contributed by atoms with Crippen LogP contribution in [0.3, 0.4) is 0 Å². The molecule has 2 aliphatic carbocycles. The predicted molar refractivity (Wildman–Crippen MR) is 205 cm³/mol. The van der Waals surface area contributed by atoms with Crippen LogP contribution < -0.4 is 24.8 Å². The van der Waals surface area contributed by atoms with Gasteiger partial charge in [0.25, 0.3) is 11.8 Å². The monoisotopic (exact) mass is 763 g/mol. The maximum absolute atomic E-state index is 14.6. The van der Waals surface area contributed by atoms with Crippen molar-refractivity contribution in [3.05, 3.63) is 116 Å².